The van der Waals surface area contributed by atoms with Gasteiger partial charge in [-0.3, -0.25) is 0 Å². The molecule has 3 heteroatoms. The van der Waals surface area contributed by atoms with Crippen molar-refractivity contribution in [2.24, 2.45) is 11.5 Å². The summed E-state index contributed by atoms with van der Waals surface area (Å²) in [5, 5.41) is 10.9. The van der Waals surface area contributed by atoms with Gasteiger partial charge in [-0.1, -0.05) is 59.3 Å². The number of benzene rings is 1. The van der Waals surface area contributed by atoms with Gasteiger partial charge < -0.3 is 16.6 Å². The first kappa shape index (κ1) is 19.0. The van der Waals surface area contributed by atoms with Crippen molar-refractivity contribution >= 4 is 6.08 Å². The molecule has 2 rings (SSSR count). The van der Waals surface area contributed by atoms with Crippen LogP contribution in [0.2, 0.25) is 0 Å². The summed E-state index contributed by atoms with van der Waals surface area (Å²) >= 11 is 0. The third kappa shape index (κ3) is 4.01. The van der Waals surface area contributed by atoms with Crippen LogP contribution in [0.1, 0.15) is 77.5 Å². The van der Waals surface area contributed by atoms with E-state index in [1.807, 2.05) is 0 Å². The third-order valence-electron chi connectivity index (χ3n) is 5.05. The maximum Gasteiger partial charge on any atom is 0.126 e. The monoisotopic (exact) mass is 330 g/mol. The Hall–Kier alpha value is -1.32. The minimum atomic E-state index is -0.121. The second-order valence-electron chi connectivity index (χ2n) is 9.26. The van der Waals surface area contributed by atoms with Crippen LogP contribution >= 0.6 is 0 Å². The van der Waals surface area contributed by atoms with Crippen molar-refractivity contribution in [1.29, 1.82) is 0 Å². The molecular weight excluding hydrogens is 296 g/mol. The van der Waals surface area contributed by atoms with Crippen molar-refractivity contribution in [1.82, 2.24) is 0 Å². The largest absolute Gasteiger partial charge is 0.507 e. The molecule has 0 amide bonds. The fraction of sp³-hybridized carbons (Fsp3) is 0.619. The highest BCUT2D eigenvalue weighted by Gasteiger charge is 2.26. The summed E-state index contributed by atoms with van der Waals surface area (Å²) in [5.41, 5.74) is 16.5. The highest BCUT2D eigenvalue weighted by molar-refractivity contribution is 5.65. The van der Waals surface area contributed by atoms with Crippen LogP contribution in [-0.4, -0.2) is 17.2 Å². The molecule has 1 aliphatic carbocycles. The van der Waals surface area contributed by atoms with Gasteiger partial charge in [0.25, 0.3) is 0 Å². The Labute approximate surface area is 147 Å². The van der Waals surface area contributed by atoms with E-state index < -0.39 is 0 Å². The van der Waals surface area contributed by atoms with E-state index in [0.29, 0.717) is 5.75 Å². The molecule has 134 valence electrons. The van der Waals surface area contributed by atoms with Crippen molar-refractivity contribution in [2.75, 3.05) is 0 Å². The van der Waals surface area contributed by atoms with E-state index in [0.717, 1.165) is 36.0 Å². The molecule has 5 N–H and O–H groups in total. The lowest BCUT2D eigenvalue weighted by Crippen LogP contribution is -2.45. The Balaban J connectivity index is 2.60. The van der Waals surface area contributed by atoms with Gasteiger partial charge in [0.1, 0.15) is 5.75 Å². The number of aromatic hydroxyl groups is 1. The zero-order valence-corrected chi connectivity index (χ0v) is 16.1. The number of nitrogens with two attached hydrogens (primary N) is 2. The average molecular weight is 331 g/mol. The molecule has 0 radical (unpaired) electrons. The number of phenols is 1. The molecule has 0 saturated heterocycles. The van der Waals surface area contributed by atoms with Crippen LogP contribution in [0.15, 0.2) is 17.7 Å². The van der Waals surface area contributed by atoms with Crippen LogP contribution in [0.25, 0.3) is 6.08 Å². The fourth-order valence-electron chi connectivity index (χ4n) is 3.30. The maximum atomic E-state index is 10.9. The van der Waals surface area contributed by atoms with E-state index in [4.69, 9.17) is 11.5 Å². The van der Waals surface area contributed by atoms with Crippen molar-refractivity contribution < 1.29 is 5.11 Å². The first-order valence-corrected chi connectivity index (χ1v) is 9.01. The van der Waals surface area contributed by atoms with E-state index in [1.165, 1.54) is 5.56 Å². The SMILES string of the molecule is CC(C)(C)c1cc(C=C2CCCC(N)C2N)c(O)c(C(C)(C)C)c1. The predicted molar refractivity (Wildman–Crippen MR) is 103 cm³/mol. The van der Waals surface area contributed by atoms with Gasteiger partial charge in [0.15, 0.2) is 0 Å². The molecule has 1 aliphatic rings. The number of hydrogen-bond acceptors (Lipinski definition) is 3. The van der Waals surface area contributed by atoms with Gasteiger partial charge in [-0.2, -0.15) is 0 Å². The fourth-order valence-corrected chi connectivity index (χ4v) is 3.30. The molecule has 3 nitrogen and oxygen atoms in total. The summed E-state index contributed by atoms with van der Waals surface area (Å²) in [7, 11) is 0. The van der Waals surface area contributed by atoms with Crippen molar-refractivity contribution in [3.05, 3.63) is 34.4 Å². The Bertz CT molecular complexity index is 632. The second-order valence-corrected chi connectivity index (χ2v) is 9.26. The van der Waals surface area contributed by atoms with Crippen molar-refractivity contribution in [3.63, 3.8) is 0 Å². The summed E-state index contributed by atoms with van der Waals surface area (Å²) in [6.07, 6.45) is 5.06. The minimum Gasteiger partial charge on any atom is -0.507 e. The predicted octanol–water partition coefficient (Wildman–Crippen LogP) is 4.21. The quantitative estimate of drug-likeness (QED) is 0.722. The van der Waals surface area contributed by atoms with Gasteiger partial charge in [0.05, 0.1) is 0 Å². The van der Waals surface area contributed by atoms with Crippen LogP contribution in [0, 0.1) is 0 Å². The van der Waals surface area contributed by atoms with Crippen LogP contribution in [-0.2, 0) is 10.8 Å². The van der Waals surface area contributed by atoms with Gasteiger partial charge in [-0.05, 0) is 41.7 Å². The zero-order valence-electron chi connectivity index (χ0n) is 16.1. The van der Waals surface area contributed by atoms with Crippen LogP contribution < -0.4 is 11.5 Å². The smallest absolute Gasteiger partial charge is 0.126 e. The van der Waals surface area contributed by atoms with E-state index in [1.54, 1.807) is 0 Å². The normalized spacial score (nSPS) is 24.4. The van der Waals surface area contributed by atoms with E-state index >= 15 is 0 Å². The Kier molecular flexibility index (Phi) is 5.17. The molecule has 1 fully saturated rings. The van der Waals surface area contributed by atoms with Crippen LogP contribution in [0.4, 0.5) is 0 Å². The molecule has 24 heavy (non-hydrogen) atoms. The van der Waals surface area contributed by atoms with Crippen molar-refractivity contribution in [2.45, 2.75) is 83.7 Å². The maximum absolute atomic E-state index is 10.9. The molecule has 2 atom stereocenters. The Morgan fingerprint density at radius 1 is 1.04 bits per heavy atom. The number of rotatable bonds is 1. The van der Waals surface area contributed by atoms with Gasteiger partial charge in [0.2, 0.25) is 0 Å². The molecule has 1 saturated carbocycles. The lowest BCUT2D eigenvalue weighted by Gasteiger charge is -2.30. The highest BCUT2D eigenvalue weighted by Crippen LogP contribution is 2.39. The summed E-state index contributed by atoms with van der Waals surface area (Å²) in [6.45, 7) is 13.0. The zero-order chi connectivity index (χ0) is 18.3. The molecule has 1 aromatic rings. The number of phenolic OH excluding ortho intramolecular Hbond substituents is 1. The summed E-state index contributed by atoms with van der Waals surface area (Å²) < 4.78 is 0. The molecule has 0 heterocycles. The van der Waals surface area contributed by atoms with E-state index in [9.17, 15) is 5.11 Å². The van der Waals surface area contributed by atoms with Crippen LogP contribution in [0.3, 0.4) is 0 Å². The van der Waals surface area contributed by atoms with Gasteiger partial charge in [0, 0.05) is 23.2 Å². The Morgan fingerprint density at radius 3 is 2.21 bits per heavy atom. The average Bonchev–Trinajstić information content (AvgIpc) is 2.43. The van der Waals surface area contributed by atoms with Crippen LogP contribution in [0.5, 0.6) is 5.75 Å². The summed E-state index contributed by atoms with van der Waals surface area (Å²) in [6, 6.07) is 4.14. The lowest BCUT2D eigenvalue weighted by atomic mass is 9.78. The molecule has 1 aromatic carbocycles. The van der Waals surface area contributed by atoms with E-state index in [-0.39, 0.29) is 22.9 Å². The van der Waals surface area contributed by atoms with Gasteiger partial charge in [-0.25, -0.2) is 0 Å². The first-order chi connectivity index (χ1) is 10.9. The molecule has 0 aromatic heterocycles. The molecule has 0 aliphatic heterocycles. The molecular formula is C21H34N2O. The molecule has 2 unspecified atom stereocenters. The summed E-state index contributed by atoms with van der Waals surface area (Å²) in [4.78, 5) is 0. The van der Waals surface area contributed by atoms with Crippen molar-refractivity contribution in [3.8, 4) is 5.75 Å². The lowest BCUT2D eigenvalue weighted by molar-refractivity contribution is 0.442. The minimum absolute atomic E-state index is 0.0139. The molecule has 0 spiro atoms. The highest BCUT2D eigenvalue weighted by atomic mass is 16.3. The summed E-state index contributed by atoms with van der Waals surface area (Å²) in [5.74, 6) is 0.370. The molecule has 0 bridgehead atoms. The van der Waals surface area contributed by atoms with Gasteiger partial charge in [-0.15, -0.1) is 0 Å². The Morgan fingerprint density at radius 2 is 1.67 bits per heavy atom. The number of hydrogen-bond donors (Lipinski definition) is 3. The topological polar surface area (TPSA) is 72.3 Å². The first-order valence-electron chi connectivity index (χ1n) is 9.01. The second kappa shape index (κ2) is 6.53. The van der Waals surface area contributed by atoms with E-state index in [2.05, 4.69) is 59.8 Å². The standard InChI is InChI=1S/C21H34N2O/c1-20(2,3)15-11-14(19(24)16(12-15)21(4,5)6)10-13-8-7-9-17(22)18(13)23/h10-12,17-18,24H,7-9,22-23H2,1-6H3. The third-order valence-corrected chi connectivity index (χ3v) is 5.05. The van der Waals surface area contributed by atoms with Gasteiger partial charge >= 0.3 is 0 Å².